The molecular formula is C14H14N2O3. The minimum atomic E-state index is -0.215. The van der Waals surface area contributed by atoms with Crippen molar-refractivity contribution in [3.8, 4) is 5.75 Å². The summed E-state index contributed by atoms with van der Waals surface area (Å²) in [5, 5.41) is 19.4. The quantitative estimate of drug-likeness (QED) is 0.810. The van der Waals surface area contributed by atoms with E-state index in [1.807, 2.05) is 0 Å². The predicted molar refractivity (Wildman–Crippen MR) is 69.0 cm³/mol. The van der Waals surface area contributed by atoms with E-state index in [9.17, 15) is 15.0 Å². The lowest BCUT2D eigenvalue weighted by Crippen LogP contribution is -2.02. The number of carbonyl (C=O) groups excluding carboxylic acids is 1. The maximum Gasteiger partial charge on any atom is 0.150 e. The van der Waals surface area contributed by atoms with Crippen molar-refractivity contribution in [1.29, 1.82) is 0 Å². The molecule has 0 aliphatic rings. The molecule has 2 rings (SSSR count). The van der Waals surface area contributed by atoms with Gasteiger partial charge in [0.2, 0.25) is 0 Å². The molecular weight excluding hydrogens is 244 g/mol. The van der Waals surface area contributed by atoms with Gasteiger partial charge in [0.05, 0.1) is 12.3 Å². The van der Waals surface area contributed by atoms with E-state index in [1.165, 1.54) is 12.4 Å². The van der Waals surface area contributed by atoms with E-state index in [2.05, 4.69) is 9.97 Å². The van der Waals surface area contributed by atoms with E-state index >= 15 is 0 Å². The third-order valence-electron chi connectivity index (χ3n) is 3.04. The van der Waals surface area contributed by atoms with Crippen molar-refractivity contribution >= 4 is 6.29 Å². The van der Waals surface area contributed by atoms with Crippen LogP contribution in [0.4, 0.5) is 0 Å². The Labute approximate surface area is 110 Å². The van der Waals surface area contributed by atoms with Gasteiger partial charge in [-0.2, -0.15) is 0 Å². The molecule has 19 heavy (non-hydrogen) atoms. The fourth-order valence-electron chi connectivity index (χ4n) is 1.91. The van der Waals surface area contributed by atoms with Crippen LogP contribution in [-0.4, -0.2) is 26.5 Å². The molecule has 0 aliphatic carbocycles. The number of aromatic hydroxyl groups is 1. The average molecular weight is 258 g/mol. The second-order valence-corrected chi connectivity index (χ2v) is 4.22. The summed E-state index contributed by atoms with van der Waals surface area (Å²) < 4.78 is 0. The third-order valence-corrected chi connectivity index (χ3v) is 3.04. The number of hydrogen-bond acceptors (Lipinski definition) is 5. The zero-order valence-corrected chi connectivity index (χ0v) is 10.5. The van der Waals surface area contributed by atoms with Crippen LogP contribution < -0.4 is 0 Å². The summed E-state index contributed by atoms with van der Waals surface area (Å²) in [6, 6.07) is 1.62. The highest BCUT2D eigenvalue weighted by Gasteiger charge is 2.13. The number of aliphatic hydroxyl groups excluding tert-OH is 1. The Morgan fingerprint density at radius 3 is 2.79 bits per heavy atom. The van der Waals surface area contributed by atoms with Gasteiger partial charge in [0.25, 0.3) is 0 Å². The molecule has 0 saturated carbocycles. The summed E-state index contributed by atoms with van der Waals surface area (Å²) in [5.74, 6) is 0.0484. The SMILES string of the molecule is Cc1ncc(CO)c(Cc2cnccc2C=O)c1O. The first-order valence-corrected chi connectivity index (χ1v) is 5.82. The van der Waals surface area contributed by atoms with Gasteiger partial charge in [0.15, 0.2) is 0 Å². The Balaban J connectivity index is 2.48. The van der Waals surface area contributed by atoms with Gasteiger partial charge in [-0.3, -0.25) is 14.8 Å². The van der Waals surface area contributed by atoms with Gasteiger partial charge in [0.1, 0.15) is 12.0 Å². The lowest BCUT2D eigenvalue weighted by atomic mass is 9.98. The lowest BCUT2D eigenvalue weighted by molar-refractivity contribution is 0.112. The second kappa shape index (κ2) is 5.58. The molecule has 98 valence electrons. The predicted octanol–water partition coefficient (Wildman–Crippen LogP) is 1.39. The zero-order valence-electron chi connectivity index (χ0n) is 10.5. The Morgan fingerprint density at radius 2 is 2.11 bits per heavy atom. The van der Waals surface area contributed by atoms with Crippen LogP contribution in [0.3, 0.4) is 0 Å². The Kier molecular flexibility index (Phi) is 3.87. The van der Waals surface area contributed by atoms with Crippen molar-refractivity contribution in [2.24, 2.45) is 0 Å². The molecule has 0 aromatic carbocycles. The van der Waals surface area contributed by atoms with Gasteiger partial charge < -0.3 is 10.2 Å². The third kappa shape index (κ3) is 2.61. The van der Waals surface area contributed by atoms with Crippen molar-refractivity contribution < 1.29 is 15.0 Å². The maximum atomic E-state index is 11.0. The first-order valence-electron chi connectivity index (χ1n) is 5.82. The summed E-state index contributed by atoms with van der Waals surface area (Å²) in [6.45, 7) is 1.47. The molecule has 2 heterocycles. The largest absolute Gasteiger partial charge is 0.506 e. The molecule has 0 radical (unpaired) electrons. The van der Waals surface area contributed by atoms with Crippen molar-refractivity contribution in [2.75, 3.05) is 0 Å². The van der Waals surface area contributed by atoms with Crippen LogP contribution in [0.2, 0.25) is 0 Å². The maximum absolute atomic E-state index is 11.0. The van der Waals surface area contributed by atoms with Crippen LogP contribution in [0.5, 0.6) is 5.75 Å². The molecule has 5 nitrogen and oxygen atoms in total. The molecule has 0 aliphatic heterocycles. The Bertz CT molecular complexity index is 612. The summed E-state index contributed by atoms with van der Waals surface area (Å²) in [4.78, 5) is 18.9. The molecule has 0 spiro atoms. The number of rotatable bonds is 4. The van der Waals surface area contributed by atoms with E-state index in [1.54, 1.807) is 19.2 Å². The van der Waals surface area contributed by atoms with Crippen molar-refractivity contribution in [3.63, 3.8) is 0 Å². The summed E-state index contributed by atoms with van der Waals surface area (Å²) in [5.41, 5.74) is 2.83. The number of aromatic nitrogens is 2. The number of pyridine rings is 2. The van der Waals surface area contributed by atoms with Gasteiger partial charge >= 0.3 is 0 Å². The molecule has 0 amide bonds. The fraction of sp³-hybridized carbons (Fsp3) is 0.214. The molecule has 0 fully saturated rings. The van der Waals surface area contributed by atoms with Crippen LogP contribution >= 0.6 is 0 Å². The number of nitrogens with zero attached hydrogens (tertiary/aromatic N) is 2. The summed E-state index contributed by atoms with van der Waals surface area (Å²) >= 11 is 0. The zero-order chi connectivity index (χ0) is 13.8. The molecule has 5 heteroatoms. The number of aliphatic hydroxyl groups is 1. The van der Waals surface area contributed by atoms with E-state index < -0.39 is 0 Å². The van der Waals surface area contributed by atoms with E-state index in [4.69, 9.17) is 0 Å². The highest BCUT2D eigenvalue weighted by atomic mass is 16.3. The lowest BCUT2D eigenvalue weighted by Gasteiger charge is -2.12. The summed E-state index contributed by atoms with van der Waals surface area (Å²) in [6.07, 6.45) is 5.73. The van der Waals surface area contributed by atoms with Crippen LogP contribution in [0.15, 0.2) is 24.7 Å². The van der Waals surface area contributed by atoms with Crippen LogP contribution in [0.25, 0.3) is 0 Å². The summed E-state index contributed by atoms with van der Waals surface area (Å²) in [7, 11) is 0. The minimum absolute atomic E-state index is 0.0484. The molecule has 2 aromatic heterocycles. The molecule has 0 atom stereocenters. The Hall–Kier alpha value is -2.27. The molecule has 0 bridgehead atoms. The average Bonchev–Trinajstić information content (AvgIpc) is 2.44. The van der Waals surface area contributed by atoms with Crippen molar-refractivity contribution in [2.45, 2.75) is 20.0 Å². The van der Waals surface area contributed by atoms with Gasteiger partial charge in [-0.1, -0.05) is 0 Å². The number of aryl methyl sites for hydroxylation is 1. The normalized spacial score (nSPS) is 10.4. The van der Waals surface area contributed by atoms with Gasteiger partial charge in [-0.15, -0.1) is 0 Å². The molecule has 0 unspecified atom stereocenters. The fourth-order valence-corrected chi connectivity index (χ4v) is 1.91. The highest BCUT2D eigenvalue weighted by Crippen LogP contribution is 2.27. The van der Waals surface area contributed by atoms with Crippen molar-refractivity contribution in [3.05, 3.63) is 52.6 Å². The van der Waals surface area contributed by atoms with Crippen molar-refractivity contribution in [1.82, 2.24) is 9.97 Å². The smallest absolute Gasteiger partial charge is 0.150 e. The minimum Gasteiger partial charge on any atom is -0.506 e. The van der Waals surface area contributed by atoms with Crippen LogP contribution in [0.1, 0.15) is 32.7 Å². The topological polar surface area (TPSA) is 83.3 Å². The number of hydrogen-bond donors (Lipinski definition) is 2. The number of aldehydes is 1. The molecule has 2 aromatic rings. The Morgan fingerprint density at radius 1 is 1.32 bits per heavy atom. The number of carbonyl (C=O) groups is 1. The van der Waals surface area contributed by atoms with Crippen LogP contribution in [-0.2, 0) is 13.0 Å². The van der Waals surface area contributed by atoms with Gasteiger partial charge in [-0.05, 0) is 18.6 Å². The first-order chi connectivity index (χ1) is 9.17. The first kappa shape index (κ1) is 13.2. The van der Waals surface area contributed by atoms with E-state index in [0.29, 0.717) is 34.4 Å². The van der Waals surface area contributed by atoms with E-state index in [0.717, 1.165) is 6.29 Å². The second-order valence-electron chi connectivity index (χ2n) is 4.22. The highest BCUT2D eigenvalue weighted by molar-refractivity contribution is 5.77. The van der Waals surface area contributed by atoms with Gasteiger partial charge in [-0.25, -0.2) is 0 Å². The standard InChI is InChI=1S/C14H14N2O3/c1-9-14(19)13(12(8-18)6-16-9)4-11-5-15-3-2-10(11)7-17/h2-3,5-7,18-19H,4,8H2,1H3. The van der Waals surface area contributed by atoms with Gasteiger partial charge in [0, 0.05) is 41.7 Å². The van der Waals surface area contributed by atoms with E-state index in [-0.39, 0.29) is 12.4 Å². The molecule has 0 saturated heterocycles. The van der Waals surface area contributed by atoms with Crippen LogP contribution in [0, 0.1) is 6.92 Å². The molecule has 2 N–H and O–H groups in total. The monoisotopic (exact) mass is 258 g/mol.